The molecule has 2 rings (SSSR count). The molecule has 4 heteroatoms. The molecule has 1 aliphatic carbocycles. The van der Waals surface area contributed by atoms with Gasteiger partial charge in [-0.05, 0) is 39.9 Å². The summed E-state index contributed by atoms with van der Waals surface area (Å²) in [6.45, 7) is 5.87. The van der Waals surface area contributed by atoms with Crippen molar-refractivity contribution in [3.8, 4) is 0 Å². The molecular formula is C11H13BrO3. The fourth-order valence-electron chi connectivity index (χ4n) is 2.35. The highest BCUT2D eigenvalue weighted by molar-refractivity contribution is 9.10. The average molecular weight is 273 g/mol. The highest BCUT2D eigenvalue weighted by Gasteiger charge is 2.64. The van der Waals surface area contributed by atoms with Gasteiger partial charge in [-0.3, -0.25) is 4.79 Å². The largest absolute Gasteiger partial charge is 0.481 e. The molecule has 0 unspecified atom stereocenters. The number of carboxylic acid groups (broad SMARTS) is 1. The summed E-state index contributed by atoms with van der Waals surface area (Å²) in [5.41, 5.74) is 0.817. The number of hydrogen-bond acceptors (Lipinski definition) is 2. The van der Waals surface area contributed by atoms with E-state index in [4.69, 9.17) is 9.52 Å². The predicted octanol–water partition coefficient (Wildman–Crippen LogP) is 3.17. The molecular weight excluding hydrogens is 260 g/mol. The van der Waals surface area contributed by atoms with Gasteiger partial charge >= 0.3 is 5.97 Å². The van der Waals surface area contributed by atoms with Gasteiger partial charge in [-0.25, -0.2) is 0 Å². The summed E-state index contributed by atoms with van der Waals surface area (Å²) in [6.07, 6.45) is 0. The molecule has 1 fully saturated rings. The lowest BCUT2D eigenvalue weighted by Gasteiger charge is -1.99. The standard InChI is InChI=1S/C11H13BrO3/c1-5-4-6(12)15-9(5)7-8(10(13)14)11(7,2)3/h4,7-8H,1-3H3,(H,13,14)/t7-,8-/m0/s1. The minimum absolute atomic E-state index is 0.00120. The molecule has 0 spiro atoms. The zero-order valence-electron chi connectivity index (χ0n) is 8.87. The molecule has 0 saturated heterocycles. The van der Waals surface area contributed by atoms with Crippen molar-refractivity contribution in [2.24, 2.45) is 11.3 Å². The molecule has 1 aromatic heterocycles. The Morgan fingerprint density at radius 1 is 1.60 bits per heavy atom. The van der Waals surface area contributed by atoms with Crippen LogP contribution in [0.3, 0.4) is 0 Å². The summed E-state index contributed by atoms with van der Waals surface area (Å²) in [5.74, 6) is -0.258. The van der Waals surface area contributed by atoms with Gasteiger partial charge in [-0.15, -0.1) is 0 Å². The third kappa shape index (κ3) is 1.51. The van der Waals surface area contributed by atoms with Crippen LogP contribution in [0.4, 0.5) is 0 Å². The second kappa shape index (κ2) is 3.11. The van der Waals surface area contributed by atoms with Crippen LogP contribution < -0.4 is 0 Å². The van der Waals surface area contributed by atoms with E-state index in [1.54, 1.807) is 0 Å². The van der Waals surface area contributed by atoms with Gasteiger partial charge in [0.25, 0.3) is 0 Å². The Morgan fingerprint density at radius 2 is 2.20 bits per heavy atom. The van der Waals surface area contributed by atoms with Gasteiger partial charge in [0.05, 0.1) is 5.92 Å². The lowest BCUT2D eigenvalue weighted by atomic mass is 10.1. The Hall–Kier alpha value is -0.770. The van der Waals surface area contributed by atoms with E-state index in [0.29, 0.717) is 4.67 Å². The van der Waals surface area contributed by atoms with Crippen molar-refractivity contribution in [2.45, 2.75) is 26.7 Å². The van der Waals surface area contributed by atoms with Crippen LogP contribution in [0.15, 0.2) is 15.2 Å². The van der Waals surface area contributed by atoms with Crippen LogP contribution >= 0.6 is 15.9 Å². The maximum atomic E-state index is 11.0. The molecule has 0 radical (unpaired) electrons. The maximum absolute atomic E-state index is 11.0. The molecule has 1 aromatic rings. The zero-order chi connectivity index (χ0) is 11.4. The number of hydrogen-bond donors (Lipinski definition) is 1. The van der Waals surface area contributed by atoms with Crippen molar-refractivity contribution in [1.82, 2.24) is 0 Å². The molecule has 1 N–H and O–H groups in total. The van der Waals surface area contributed by atoms with Crippen LogP contribution in [0.5, 0.6) is 0 Å². The third-order valence-corrected chi connectivity index (χ3v) is 3.69. The summed E-state index contributed by atoms with van der Waals surface area (Å²) in [4.78, 5) is 11.0. The Balaban J connectivity index is 2.35. The number of halogens is 1. The van der Waals surface area contributed by atoms with Crippen molar-refractivity contribution in [2.75, 3.05) is 0 Å². The van der Waals surface area contributed by atoms with Crippen LogP contribution in [0.2, 0.25) is 0 Å². The highest BCUT2D eigenvalue weighted by atomic mass is 79.9. The molecule has 1 heterocycles. The van der Waals surface area contributed by atoms with Crippen LogP contribution in [0, 0.1) is 18.3 Å². The number of aryl methyl sites for hydroxylation is 1. The van der Waals surface area contributed by atoms with Gasteiger partial charge in [0, 0.05) is 5.92 Å². The quantitative estimate of drug-likeness (QED) is 0.900. The number of aliphatic carboxylic acids is 1. The molecule has 2 atom stereocenters. The smallest absolute Gasteiger partial charge is 0.307 e. The van der Waals surface area contributed by atoms with Crippen LogP contribution in [0.25, 0.3) is 0 Å². The van der Waals surface area contributed by atoms with Gasteiger partial charge in [-0.1, -0.05) is 13.8 Å². The van der Waals surface area contributed by atoms with E-state index in [-0.39, 0.29) is 17.3 Å². The van der Waals surface area contributed by atoms with Crippen molar-refractivity contribution >= 4 is 21.9 Å². The topological polar surface area (TPSA) is 50.4 Å². The number of carboxylic acids is 1. The fourth-order valence-corrected chi connectivity index (χ4v) is 2.87. The van der Waals surface area contributed by atoms with E-state index in [2.05, 4.69) is 15.9 Å². The summed E-state index contributed by atoms with van der Waals surface area (Å²) < 4.78 is 6.18. The average Bonchev–Trinajstić information content (AvgIpc) is 2.48. The highest BCUT2D eigenvalue weighted by Crippen LogP contribution is 2.65. The number of rotatable bonds is 2. The Labute approximate surface area is 96.6 Å². The molecule has 15 heavy (non-hydrogen) atoms. The van der Waals surface area contributed by atoms with E-state index in [0.717, 1.165) is 11.3 Å². The van der Waals surface area contributed by atoms with Crippen LogP contribution in [-0.4, -0.2) is 11.1 Å². The first-order chi connectivity index (χ1) is 6.85. The van der Waals surface area contributed by atoms with E-state index >= 15 is 0 Å². The van der Waals surface area contributed by atoms with Crippen LogP contribution in [0.1, 0.15) is 31.1 Å². The van der Waals surface area contributed by atoms with Crippen molar-refractivity contribution in [3.63, 3.8) is 0 Å². The predicted molar refractivity (Wildman–Crippen MR) is 58.8 cm³/mol. The first-order valence-electron chi connectivity index (χ1n) is 4.84. The van der Waals surface area contributed by atoms with E-state index < -0.39 is 5.97 Å². The lowest BCUT2D eigenvalue weighted by Crippen LogP contribution is -2.03. The second-order valence-electron chi connectivity index (χ2n) is 4.71. The van der Waals surface area contributed by atoms with E-state index in [1.165, 1.54) is 0 Å². The molecule has 0 aliphatic heterocycles. The summed E-state index contributed by atoms with van der Waals surface area (Å²) in [7, 11) is 0. The van der Waals surface area contributed by atoms with Crippen molar-refractivity contribution in [3.05, 3.63) is 22.1 Å². The van der Waals surface area contributed by atoms with E-state index in [9.17, 15) is 4.79 Å². The summed E-state index contributed by atoms with van der Waals surface area (Å²) >= 11 is 3.26. The first kappa shape index (κ1) is 10.7. The van der Waals surface area contributed by atoms with Gasteiger partial charge in [0.15, 0.2) is 4.67 Å². The molecule has 0 amide bonds. The minimum Gasteiger partial charge on any atom is -0.481 e. The minimum atomic E-state index is -0.739. The Morgan fingerprint density at radius 3 is 2.53 bits per heavy atom. The zero-order valence-corrected chi connectivity index (χ0v) is 10.5. The first-order valence-corrected chi connectivity index (χ1v) is 5.63. The van der Waals surface area contributed by atoms with Crippen molar-refractivity contribution < 1.29 is 14.3 Å². The van der Waals surface area contributed by atoms with Gasteiger partial charge in [-0.2, -0.15) is 0 Å². The monoisotopic (exact) mass is 272 g/mol. The molecule has 1 aliphatic rings. The lowest BCUT2D eigenvalue weighted by molar-refractivity contribution is -0.139. The van der Waals surface area contributed by atoms with Crippen LogP contribution in [-0.2, 0) is 4.79 Å². The van der Waals surface area contributed by atoms with Gasteiger partial charge in [0.1, 0.15) is 5.76 Å². The normalized spacial score (nSPS) is 27.7. The second-order valence-corrected chi connectivity index (χ2v) is 5.49. The molecule has 82 valence electrons. The summed E-state index contributed by atoms with van der Waals surface area (Å²) in [6, 6.07) is 1.88. The number of furan rings is 1. The van der Waals surface area contributed by atoms with Gasteiger partial charge < -0.3 is 9.52 Å². The number of carbonyl (C=O) groups is 1. The SMILES string of the molecule is Cc1cc(Br)oc1[C@@H]1[C@@H](C(=O)O)C1(C)C. The summed E-state index contributed by atoms with van der Waals surface area (Å²) in [5, 5.41) is 9.06. The molecule has 0 aromatic carbocycles. The molecule has 1 saturated carbocycles. The van der Waals surface area contributed by atoms with E-state index in [1.807, 2.05) is 26.8 Å². The molecule has 3 nitrogen and oxygen atoms in total. The Kier molecular flexibility index (Phi) is 2.23. The van der Waals surface area contributed by atoms with Gasteiger partial charge in [0.2, 0.25) is 0 Å². The third-order valence-electron chi connectivity index (χ3n) is 3.30. The molecule has 0 bridgehead atoms. The maximum Gasteiger partial charge on any atom is 0.307 e. The fraction of sp³-hybridized carbons (Fsp3) is 0.545. The van der Waals surface area contributed by atoms with Crippen molar-refractivity contribution in [1.29, 1.82) is 0 Å². The Bertz CT molecular complexity index is 419.